The third-order valence-electron chi connectivity index (χ3n) is 4.14. The summed E-state index contributed by atoms with van der Waals surface area (Å²) in [6, 6.07) is 1.36. The molecule has 0 unspecified atom stereocenters. The van der Waals surface area contributed by atoms with E-state index in [0.717, 1.165) is 4.47 Å². The molecule has 2 heterocycles. The van der Waals surface area contributed by atoms with Crippen LogP contribution in [0.1, 0.15) is 38.9 Å². The molecular formula is C15H19Br2NO4. The molecule has 3 atom stereocenters. The molecule has 1 N–H and O–H groups in total. The Morgan fingerprint density at radius 3 is 2.50 bits per heavy atom. The number of carbonyl (C=O) groups excluding carboxylic acids is 2. The van der Waals surface area contributed by atoms with E-state index in [1.54, 1.807) is 6.07 Å². The van der Waals surface area contributed by atoms with Crippen LogP contribution in [-0.4, -0.2) is 28.5 Å². The Balaban J connectivity index is 2.71. The van der Waals surface area contributed by atoms with Crippen LogP contribution in [-0.2, 0) is 19.9 Å². The zero-order chi connectivity index (χ0) is 16.8. The van der Waals surface area contributed by atoms with Gasteiger partial charge in [-0.3, -0.25) is 4.79 Å². The first kappa shape index (κ1) is 17.7. The van der Waals surface area contributed by atoms with Crippen molar-refractivity contribution < 1.29 is 19.4 Å². The van der Waals surface area contributed by atoms with Gasteiger partial charge in [-0.25, -0.2) is 4.79 Å². The number of hydrogen-bond acceptors (Lipinski definition) is 4. The van der Waals surface area contributed by atoms with E-state index in [2.05, 4.69) is 31.9 Å². The molecule has 0 bridgehead atoms. The fraction of sp³-hybridized carbons (Fsp3) is 0.600. The average molecular weight is 437 g/mol. The number of nitrogens with zero attached hydrogens (tertiary/aromatic N) is 1. The summed E-state index contributed by atoms with van der Waals surface area (Å²) >= 11 is 6.87. The van der Waals surface area contributed by atoms with Crippen molar-refractivity contribution in [3.63, 3.8) is 0 Å². The van der Waals surface area contributed by atoms with E-state index in [4.69, 9.17) is 4.74 Å². The number of esters is 1. The number of fused-ring (bicyclic) bond motifs is 1. The summed E-state index contributed by atoms with van der Waals surface area (Å²) in [5.74, 6) is -1.60. The van der Waals surface area contributed by atoms with Crippen molar-refractivity contribution in [2.24, 2.45) is 11.8 Å². The minimum atomic E-state index is -1.96. The van der Waals surface area contributed by atoms with Gasteiger partial charge < -0.3 is 14.4 Å². The zero-order valence-electron chi connectivity index (χ0n) is 12.9. The van der Waals surface area contributed by atoms with Gasteiger partial charge in [0.1, 0.15) is 5.78 Å². The first-order chi connectivity index (χ1) is 10.2. The summed E-state index contributed by atoms with van der Waals surface area (Å²) in [5.41, 5.74) is -1.58. The topological polar surface area (TPSA) is 68.5 Å². The van der Waals surface area contributed by atoms with Crippen LogP contribution in [0.2, 0.25) is 0 Å². The second-order valence-corrected chi connectivity index (χ2v) is 7.69. The number of halogens is 2. The van der Waals surface area contributed by atoms with Gasteiger partial charge >= 0.3 is 5.97 Å². The number of carbonyl (C=O) groups is 2. The summed E-state index contributed by atoms with van der Waals surface area (Å²) in [4.78, 5) is 24.5. The molecule has 0 amide bonds. The van der Waals surface area contributed by atoms with Crippen molar-refractivity contribution in [2.75, 3.05) is 7.11 Å². The van der Waals surface area contributed by atoms with Crippen molar-refractivity contribution in [3.8, 4) is 0 Å². The van der Waals surface area contributed by atoms with Crippen LogP contribution in [0.15, 0.2) is 15.1 Å². The van der Waals surface area contributed by atoms with Crippen LogP contribution in [0.5, 0.6) is 0 Å². The number of Topliss-reactive ketones (excluding diaryl/α,β-unsaturated/α-hetero) is 1. The van der Waals surface area contributed by atoms with E-state index in [9.17, 15) is 14.7 Å². The Morgan fingerprint density at radius 2 is 2.05 bits per heavy atom. The number of methoxy groups -OCH3 is 1. The predicted molar refractivity (Wildman–Crippen MR) is 88.4 cm³/mol. The van der Waals surface area contributed by atoms with Gasteiger partial charge in [0, 0.05) is 6.04 Å². The first-order valence-electron chi connectivity index (χ1n) is 7.04. The van der Waals surface area contributed by atoms with Gasteiger partial charge in [0.05, 0.1) is 27.8 Å². The lowest BCUT2D eigenvalue weighted by Crippen LogP contribution is -2.45. The highest BCUT2D eigenvalue weighted by Gasteiger charge is 2.60. The summed E-state index contributed by atoms with van der Waals surface area (Å²) in [7, 11) is 1.21. The number of aromatic nitrogens is 1. The van der Waals surface area contributed by atoms with E-state index < -0.39 is 17.5 Å². The largest absolute Gasteiger partial charge is 0.467 e. The molecule has 22 heavy (non-hydrogen) atoms. The molecule has 5 nitrogen and oxygen atoms in total. The highest BCUT2D eigenvalue weighted by molar-refractivity contribution is 9.13. The number of rotatable bonds is 4. The Kier molecular flexibility index (Phi) is 4.90. The molecule has 1 aliphatic heterocycles. The van der Waals surface area contributed by atoms with Crippen molar-refractivity contribution in [2.45, 2.75) is 38.8 Å². The second kappa shape index (κ2) is 6.09. The van der Waals surface area contributed by atoms with Crippen molar-refractivity contribution in [1.82, 2.24) is 4.57 Å². The maximum atomic E-state index is 12.3. The second-order valence-electron chi connectivity index (χ2n) is 6.08. The van der Waals surface area contributed by atoms with E-state index in [1.807, 2.05) is 18.4 Å². The van der Waals surface area contributed by atoms with Gasteiger partial charge in [-0.2, -0.15) is 0 Å². The molecule has 0 saturated heterocycles. The fourth-order valence-electron chi connectivity index (χ4n) is 3.35. The van der Waals surface area contributed by atoms with Crippen LogP contribution in [0.3, 0.4) is 0 Å². The maximum Gasteiger partial charge on any atom is 0.345 e. The van der Waals surface area contributed by atoms with Gasteiger partial charge in [-0.15, -0.1) is 0 Å². The van der Waals surface area contributed by atoms with Crippen LogP contribution in [0.25, 0.3) is 0 Å². The van der Waals surface area contributed by atoms with Crippen molar-refractivity contribution in [3.05, 3.63) is 20.8 Å². The minimum absolute atomic E-state index is 0.231. The van der Waals surface area contributed by atoms with Gasteiger partial charge in [0.25, 0.3) is 0 Å². The normalized spacial score (nSPS) is 27.1. The molecule has 0 aliphatic carbocycles. The van der Waals surface area contributed by atoms with Crippen molar-refractivity contribution >= 4 is 43.6 Å². The lowest BCUT2D eigenvalue weighted by molar-refractivity contribution is -0.172. The Bertz CT molecular complexity index is 625. The summed E-state index contributed by atoms with van der Waals surface area (Å²) in [6.45, 7) is 5.49. The Labute approximate surface area is 146 Å². The predicted octanol–water partition coefficient (Wildman–Crippen LogP) is 3.18. The third-order valence-corrected chi connectivity index (χ3v) is 6.08. The van der Waals surface area contributed by atoms with Crippen LogP contribution in [0.4, 0.5) is 0 Å². The maximum absolute atomic E-state index is 12.3. The average Bonchev–Trinajstić information content (AvgIpc) is 2.84. The quantitative estimate of drug-likeness (QED) is 0.736. The summed E-state index contributed by atoms with van der Waals surface area (Å²) < 4.78 is 8.05. The monoisotopic (exact) mass is 435 g/mol. The highest BCUT2D eigenvalue weighted by Crippen LogP contribution is 2.52. The van der Waals surface area contributed by atoms with Crippen LogP contribution in [0, 0.1) is 11.8 Å². The molecular weight excluding hydrogens is 418 g/mol. The lowest BCUT2D eigenvalue weighted by atomic mass is 9.78. The number of ketones is 1. The molecule has 122 valence electrons. The molecule has 0 radical (unpaired) electrons. The fourth-order valence-corrected chi connectivity index (χ4v) is 4.33. The van der Waals surface area contributed by atoms with Crippen LogP contribution >= 0.6 is 31.9 Å². The molecule has 1 aromatic rings. The first-order valence-corrected chi connectivity index (χ1v) is 8.62. The van der Waals surface area contributed by atoms with Gasteiger partial charge in [0.15, 0.2) is 0 Å². The zero-order valence-corrected chi connectivity index (χ0v) is 16.1. The molecule has 7 heteroatoms. The summed E-state index contributed by atoms with van der Waals surface area (Å²) in [6.07, 6.45) is 0.663. The molecule has 0 fully saturated rings. The smallest absolute Gasteiger partial charge is 0.345 e. The van der Waals surface area contributed by atoms with Crippen LogP contribution < -0.4 is 0 Å². The number of ether oxygens (including phenoxy) is 1. The lowest BCUT2D eigenvalue weighted by Gasteiger charge is -2.29. The number of hydrogen-bond donors (Lipinski definition) is 1. The Hall–Kier alpha value is -0.660. The van der Waals surface area contributed by atoms with E-state index in [1.165, 1.54) is 14.0 Å². The summed E-state index contributed by atoms with van der Waals surface area (Å²) in [5, 5.41) is 11.1. The van der Waals surface area contributed by atoms with E-state index >= 15 is 0 Å². The SMILES string of the molecule is COC(=O)[C@]1(O)c2cc(Br)c(Br)n2[C@H](CC(C)C)[C@H]1C(C)=O. The molecule has 0 aromatic carbocycles. The van der Waals surface area contributed by atoms with Gasteiger partial charge in [-0.1, -0.05) is 13.8 Å². The van der Waals surface area contributed by atoms with E-state index in [0.29, 0.717) is 22.6 Å². The highest BCUT2D eigenvalue weighted by atomic mass is 79.9. The molecule has 0 saturated carbocycles. The standard InChI is InChI=1S/C15H19Br2NO4/c1-7(2)5-10-12(8(3)19)15(21,14(20)22-4)11-6-9(16)13(17)18(10)11/h6-7,10,12,21H,5H2,1-4H3/t10-,12-,15+/m1/s1. The van der Waals surface area contributed by atoms with Crippen molar-refractivity contribution in [1.29, 1.82) is 0 Å². The molecule has 1 aliphatic rings. The minimum Gasteiger partial charge on any atom is -0.467 e. The van der Waals surface area contributed by atoms with Gasteiger partial charge in [-0.05, 0) is 57.2 Å². The number of aliphatic hydroxyl groups is 1. The third kappa shape index (κ3) is 2.47. The molecule has 1 aromatic heterocycles. The molecule has 0 spiro atoms. The van der Waals surface area contributed by atoms with E-state index in [-0.39, 0.29) is 11.8 Å². The van der Waals surface area contributed by atoms with Gasteiger partial charge in [0.2, 0.25) is 5.60 Å². The Morgan fingerprint density at radius 1 is 1.45 bits per heavy atom. The molecule has 2 rings (SSSR count).